The van der Waals surface area contributed by atoms with Crippen LogP contribution in [0.3, 0.4) is 0 Å². The van der Waals surface area contributed by atoms with E-state index in [0.29, 0.717) is 58.6 Å². The molecule has 0 atom stereocenters. The smallest absolute Gasteiger partial charge is 0.412 e. The molecule has 2 N–H and O–H groups in total. The number of hydrogen-bond donors (Lipinski definition) is 2. The van der Waals surface area contributed by atoms with E-state index in [9.17, 15) is 4.79 Å². The van der Waals surface area contributed by atoms with E-state index in [0.717, 1.165) is 12.8 Å². The molecule has 0 saturated carbocycles. The predicted octanol–water partition coefficient (Wildman–Crippen LogP) is 2.92. The Labute approximate surface area is 178 Å². The van der Waals surface area contributed by atoms with Crippen molar-refractivity contribution in [3.63, 3.8) is 0 Å². The number of amides is 1. The first kappa shape index (κ1) is 20.7. The Morgan fingerprint density at radius 3 is 2.45 bits per heavy atom. The fraction of sp³-hybridized carbons (Fsp3) is 0.381. The third-order valence-electron chi connectivity index (χ3n) is 5.05. The molecule has 1 aliphatic rings. The molecule has 1 aliphatic heterocycles. The number of nitrogens with one attached hydrogen (secondary N) is 2. The van der Waals surface area contributed by atoms with Crippen LogP contribution in [0.15, 0.2) is 24.5 Å². The number of hydrogen-bond acceptors (Lipinski definition) is 8. The summed E-state index contributed by atoms with van der Waals surface area (Å²) in [5.41, 5.74) is 2.21. The van der Waals surface area contributed by atoms with Crippen molar-refractivity contribution >= 4 is 17.3 Å². The van der Waals surface area contributed by atoms with Crippen LogP contribution in [-0.2, 0) is 4.74 Å². The summed E-state index contributed by atoms with van der Waals surface area (Å²) in [6.07, 6.45) is 4.16. The zero-order valence-corrected chi connectivity index (χ0v) is 17.6. The highest BCUT2D eigenvalue weighted by atomic mass is 16.6. The average molecular weight is 428 g/mol. The van der Waals surface area contributed by atoms with Crippen molar-refractivity contribution in [2.24, 2.45) is 0 Å². The summed E-state index contributed by atoms with van der Waals surface area (Å²) in [5.74, 6) is 1.78. The molecule has 10 nitrogen and oxygen atoms in total. The molecule has 1 saturated heterocycles. The second-order valence-corrected chi connectivity index (χ2v) is 6.94. The first-order chi connectivity index (χ1) is 15.1. The van der Waals surface area contributed by atoms with E-state index >= 15 is 0 Å². The predicted molar refractivity (Wildman–Crippen MR) is 112 cm³/mol. The maximum atomic E-state index is 12.3. The van der Waals surface area contributed by atoms with Gasteiger partial charge in [0.2, 0.25) is 5.75 Å². The van der Waals surface area contributed by atoms with E-state index in [1.54, 1.807) is 45.9 Å². The molecule has 164 valence electrons. The maximum Gasteiger partial charge on any atom is 0.412 e. The van der Waals surface area contributed by atoms with Crippen molar-refractivity contribution in [1.82, 2.24) is 20.3 Å². The Kier molecular flexibility index (Phi) is 6.08. The average Bonchev–Trinajstić information content (AvgIpc) is 3.20. The molecule has 0 radical (unpaired) electrons. The van der Waals surface area contributed by atoms with Gasteiger partial charge in [-0.2, -0.15) is 0 Å². The number of aromatic amines is 1. The molecule has 1 aromatic carbocycles. The van der Waals surface area contributed by atoms with Crippen LogP contribution in [0.25, 0.3) is 22.4 Å². The van der Waals surface area contributed by atoms with Gasteiger partial charge >= 0.3 is 6.09 Å². The van der Waals surface area contributed by atoms with Gasteiger partial charge in [-0.15, -0.1) is 0 Å². The van der Waals surface area contributed by atoms with Gasteiger partial charge in [-0.1, -0.05) is 0 Å². The third-order valence-corrected chi connectivity index (χ3v) is 5.05. The van der Waals surface area contributed by atoms with Crippen LogP contribution in [-0.4, -0.2) is 61.6 Å². The fourth-order valence-electron chi connectivity index (χ4n) is 3.45. The summed E-state index contributed by atoms with van der Waals surface area (Å²) in [6, 6.07) is 3.59. The summed E-state index contributed by atoms with van der Waals surface area (Å²) in [6.45, 7) is 1.25. The number of carbonyl (C=O) groups excluding carboxylic acids is 1. The van der Waals surface area contributed by atoms with E-state index < -0.39 is 6.09 Å². The molecule has 0 unspecified atom stereocenters. The van der Waals surface area contributed by atoms with Crippen molar-refractivity contribution in [2.45, 2.75) is 18.9 Å². The van der Waals surface area contributed by atoms with Crippen molar-refractivity contribution in [2.75, 3.05) is 34.5 Å². The number of methoxy groups -OCH3 is 3. The molecule has 0 bridgehead atoms. The number of nitrogens with zero attached hydrogens (tertiary/aromatic N) is 2. The van der Waals surface area contributed by atoms with Gasteiger partial charge in [0.15, 0.2) is 28.4 Å². The van der Waals surface area contributed by atoms with Crippen molar-refractivity contribution < 1.29 is 28.5 Å². The summed E-state index contributed by atoms with van der Waals surface area (Å²) >= 11 is 0. The van der Waals surface area contributed by atoms with Crippen LogP contribution in [0, 0.1) is 0 Å². The Hall–Kier alpha value is -3.53. The summed E-state index contributed by atoms with van der Waals surface area (Å²) < 4.78 is 27.0. The number of aromatic nitrogens is 3. The molecular weight excluding hydrogens is 404 g/mol. The highest BCUT2D eigenvalue weighted by Crippen LogP contribution is 2.41. The van der Waals surface area contributed by atoms with Gasteiger partial charge in [0, 0.05) is 31.0 Å². The monoisotopic (exact) mass is 428 g/mol. The van der Waals surface area contributed by atoms with Crippen LogP contribution in [0.4, 0.5) is 4.79 Å². The molecular formula is C21H24N4O6. The zero-order chi connectivity index (χ0) is 21.8. The molecule has 10 heteroatoms. The molecule has 3 aromatic rings. The molecule has 1 amide bonds. The lowest BCUT2D eigenvalue weighted by molar-refractivity contribution is 0.0778. The SMILES string of the molecule is COc1cc(-c2cnc3[nH]cc(OC(=O)NC4CCOCC4)c3n2)cc(OC)c1OC. The number of rotatable bonds is 6. The summed E-state index contributed by atoms with van der Waals surface area (Å²) in [4.78, 5) is 24.3. The first-order valence-corrected chi connectivity index (χ1v) is 9.83. The largest absolute Gasteiger partial charge is 0.493 e. The van der Waals surface area contributed by atoms with Crippen LogP contribution < -0.4 is 24.3 Å². The zero-order valence-electron chi connectivity index (χ0n) is 17.6. The minimum atomic E-state index is -0.534. The highest BCUT2D eigenvalue weighted by molar-refractivity contribution is 5.84. The highest BCUT2D eigenvalue weighted by Gasteiger charge is 2.20. The van der Waals surface area contributed by atoms with Gasteiger partial charge in [0.1, 0.15) is 0 Å². The molecule has 31 heavy (non-hydrogen) atoms. The molecule has 3 heterocycles. The first-order valence-electron chi connectivity index (χ1n) is 9.83. The van der Waals surface area contributed by atoms with Crippen LogP contribution in [0.5, 0.6) is 23.0 Å². The molecule has 2 aromatic heterocycles. The standard InChI is InChI=1S/C21H24N4O6/c1-27-15-8-12(9-16(28-2)19(15)29-3)14-10-22-20-18(25-14)17(11-23-20)31-21(26)24-13-4-6-30-7-5-13/h8-11,13H,4-7H2,1-3H3,(H,22,23)(H,24,26). The van der Waals surface area contributed by atoms with E-state index in [2.05, 4.69) is 20.3 Å². The second-order valence-electron chi connectivity index (χ2n) is 6.94. The Morgan fingerprint density at radius 1 is 1.10 bits per heavy atom. The number of H-pyrrole nitrogens is 1. The van der Waals surface area contributed by atoms with E-state index in [1.807, 2.05) is 0 Å². The quantitative estimate of drug-likeness (QED) is 0.616. The summed E-state index contributed by atoms with van der Waals surface area (Å²) in [5, 5.41) is 2.86. The van der Waals surface area contributed by atoms with Gasteiger partial charge in [-0.05, 0) is 25.0 Å². The third kappa shape index (κ3) is 4.33. The molecule has 1 fully saturated rings. The lowest BCUT2D eigenvalue weighted by atomic mass is 10.1. The fourth-order valence-corrected chi connectivity index (χ4v) is 3.45. The van der Waals surface area contributed by atoms with Gasteiger partial charge in [0.25, 0.3) is 0 Å². The molecule has 0 spiro atoms. The number of fused-ring (bicyclic) bond motifs is 1. The second kappa shape index (κ2) is 9.09. The minimum absolute atomic E-state index is 0.0346. The maximum absolute atomic E-state index is 12.3. The summed E-state index contributed by atoms with van der Waals surface area (Å²) in [7, 11) is 4.64. The lowest BCUT2D eigenvalue weighted by Gasteiger charge is -2.22. The van der Waals surface area contributed by atoms with Crippen LogP contribution in [0.1, 0.15) is 12.8 Å². The van der Waals surface area contributed by atoms with Gasteiger partial charge in [-0.25, -0.2) is 14.8 Å². The van der Waals surface area contributed by atoms with Crippen molar-refractivity contribution in [3.05, 3.63) is 24.5 Å². The van der Waals surface area contributed by atoms with E-state index in [1.165, 1.54) is 0 Å². The lowest BCUT2D eigenvalue weighted by Crippen LogP contribution is -2.40. The van der Waals surface area contributed by atoms with Gasteiger partial charge in [-0.3, -0.25) is 0 Å². The van der Waals surface area contributed by atoms with Crippen molar-refractivity contribution in [3.8, 4) is 34.3 Å². The van der Waals surface area contributed by atoms with E-state index in [-0.39, 0.29) is 6.04 Å². The van der Waals surface area contributed by atoms with Crippen LogP contribution in [0.2, 0.25) is 0 Å². The normalized spacial score (nSPS) is 14.3. The van der Waals surface area contributed by atoms with Gasteiger partial charge < -0.3 is 34.0 Å². The Morgan fingerprint density at radius 2 is 1.81 bits per heavy atom. The number of ether oxygens (including phenoxy) is 5. The van der Waals surface area contributed by atoms with Crippen LogP contribution >= 0.6 is 0 Å². The van der Waals surface area contributed by atoms with Crippen molar-refractivity contribution in [1.29, 1.82) is 0 Å². The minimum Gasteiger partial charge on any atom is -0.493 e. The van der Waals surface area contributed by atoms with E-state index in [4.69, 9.17) is 23.7 Å². The number of carbonyl (C=O) groups is 1. The Balaban J connectivity index is 1.62. The molecule has 0 aliphatic carbocycles. The van der Waals surface area contributed by atoms with Gasteiger partial charge in [0.05, 0.1) is 33.2 Å². The molecule has 4 rings (SSSR count). The topological polar surface area (TPSA) is 117 Å². The Bertz CT molecular complexity index is 1050. The number of benzene rings is 1.